The van der Waals surface area contributed by atoms with Crippen molar-refractivity contribution in [2.75, 3.05) is 11.4 Å². The van der Waals surface area contributed by atoms with Gasteiger partial charge in [0.2, 0.25) is 0 Å². The van der Waals surface area contributed by atoms with Gasteiger partial charge in [-0.1, -0.05) is 0 Å². The van der Waals surface area contributed by atoms with Gasteiger partial charge in [0, 0.05) is 24.8 Å². The maximum Gasteiger partial charge on any atom is 0.151 e. The Hall–Kier alpha value is -1.16. The molecule has 1 aliphatic heterocycles. The summed E-state index contributed by atoms with van der Waals surface area (Å²) in [6.07, 6.45) is 5.35. The van der Waals surface area contributed by atoms with Crippen LogP contribution in [0, 0.1) is 0 Å². The lowest BCUT2D eigenvalue weighted by Crippen LogP contribution is -2.49. The highest BCUT2D eigenvalue weighted by Gasteiger charge is 2.27. The molecule has 0 aliphatic carbocycles. The summed E-state index contributed by atoms with van der Waals surface area (Å²) in [7, 11) is 0. The Balaban J connectivity index is 2.23. The Morgan fingerprint density at radius 3 is 3.07 bits per heavy atom. The lowest BCUT2D eigenvalue weighted by atomic mass is 9.96. The largest absolute Gasteiger partial charge is 0.348 e. The number of hydrogen-bond acceptors (Lipinski definition) is 4. The molecule has 4 nitrogen and oxygen atoms in total. The van der Waals surface area contributed by atoms with Crippen LogP contribution in [0.3, 0.4) is 0 Å². The predicted molar refractivity (Wildman–Crippen MR) is 60.7 cm³/mol. The number of piperidine rings is 1. The van der Waals surface area contributed by atoms with E-state index < -0.39 is 0 Å². The van der Waals surface area contributed by atoms with Gasteiger partial charge in [0.25, 0.3) is 0 Å². The fraction of sp³-hybridized carbons (Fsp3) is 0.636. The number of anilines is 1. The summed E-state index contributed by atoms with van der Waals surface area (Å²) < 4.78 is 0. The van der Waals surface area contributed by atoms with Gasteiger partial charge in [-0.2, -0.15) is 5.10 Å². The molecular weight excluding hydrogens is 188 g/mol. The van der Waals surface area contributed by atoms with E-state index in [2.05, 4.69) is 22.0 Å². The van der Waals surface area contributed by atoms with Crippen molar-refractivity contribution in [1.29, 1.82) is 0 Å². The van der Waals surface area contributed by atoms with Crippen LogP contribution in [-0.4, -0.2) is 28.8 Å². The normalized spacial score (nSPS) is 26.7. The number of aromatic nitrogens is 2. The van der Waals surface area contributed by atoms with Gasteiger partial charge in [-0.3, -0.25) is 0 Å². The van der Waals surface area contributed by atoms with Crippen LogP contribution in [0.25, 0.3) is 0 Å². The molecule has 0 bridgehead atoms. The van der Waals surface area contributed by atoms with Gasteiger partial charge >= 0.3 is 0 Å². The molecule has 0 aromatic carbocycles. The molecule has 2 N–H and O–H groups in total. The topological polar surface area (TPSA) is 55.0 Å². The molecule has 15 heavy (non-hydrogen) atoms. The first-order chi connectivity index (χ1) is 7.33. The third-order valence-electron chi connectivity index (χ3n) is 3.12. The van der Waals surface area contributed by atoms with Crippen LogP contribution < -0.4 is 10.6 Å². The summed E-state index contributed by atoms with van der Waals surface area (Å²) in [5.74, 6) is 0.958. The van der Waals surface area contributed by atoms with Crippen LogP contribution in [0.2, 0.25) is 0 Å². The molecule has 1 aliphatic rings. The van der Waals surface area contributed by atoms with Crippen molar-refractivity contribution in [2.24, 2.45) is 5.73 Å². The van der Waals surface area contributed by atoms with Crippen molar-refractivity contribution in [3.63, 3.8) is 0 Å². The third-order valence-corrected chi connectivity index (χ3v) is 3.12. The average molecular weight is 206 g/mol. The van der Waals surface area contributed by atoms with Crippen LogP contribution in [-0.2, 0) is 0 Å². The van der Waals surface area contributed by atoms with Crippen LogP contribution in [0.4, 0.5) is 5.82 Å². The fourth-order valence-corrected chi connectivity index (χ4v) is 2.36. The molecule has 0 spiro atoms. The van der Waals surface area contributed by atoms with Crippen molar-refractivity contribution >= 4 is 5.82 Å². The second kappa shape index (κ2) is 4.57. The van der Waals surface area contributed by atoms with Crippen molar-refractivity contribution in [2.45, 2.75) is 38.3 Å². The van der Waals surface area contributed by atoms with Crippen molar-refractivity contribution in [3.05, 3.63) is 18.3 Å². The molecule has 2 atom stereocenters. The molecule has 0 radical (unpaired) electrons. The second-order valence-electron chi connectivity index (χ2n) is 4.16. The molecule has 0 saturated carbocycles. The minimum Gasteiger partial charge on any atom is -0.348 e. The molecule has 82 valence electrons. The van der Waals surface area contributed by atoms with E-state index in [0.717, 1.165) is 12.2 Å². The first kappa shape index (κ1) is 10.4. The highest BCUT2D eigenvalue weighted by atomic mass is 15.3. The predicted octanol–water partition coefficient (Wildman–Crippen LogP) is 1.18. The first-order valence-electron chi connectivity index (χ1n) is 5.59. The number of rotatable bonds is 2. The molecule has 1 fully saturated rings. The zero-order chi connectivity index (χ0) is 10.7. The summed E-state index contributed by atoms with van der Waals surface area (Å²) in [5, 5.41) is 8.10. The molecule has 2 unspecified atom stereocenters. The van der Waals surface area contributed by atoms with Crippen molar-refractivity contribution in [1.82, 2.24) is 10.2 Å². The first-order valence-corrected chi connectivity index (χ1v) is 5.59. The van der Waals surface area contributed by atoms with Gasteiger partial charge in [0.15, 0.2) is 5.82 Å². The summed E-state index contributed by atoms with van der Waals surface area (Å²) in [6.45, 7) is 2.93. The van der Waals surface area contributed by atoms with Crippen LogP contribution in [0.5, 0.6) is 0 Å². The highest BCUT2D eigenvalue weighted by molar-refractivity contribution is 5.40. The Kier molecular flexibility index (Phi) is 3.16. The van der Waals surface area contributed by atoms with E-state index in [-0.39, 0.29) is 0 Å². The quantitative estimate of drug-likeness (QED) is 0.789. The maximum atomic E-state index is 5.80. The molecule has 2 rings (SSSR count). The summed E-state index contributed by atoms with van der Waals surface area (Å²) in [6, 6.07) is 4.88. The maximum absolute atomic E-state index is 5.80. The Morgan fingerprint density at radius 1 is 1.53 bits per heavy atom. The van der Waals surface area contributed by atoms with E-state index in [1.165, 1.54) is 12.8 Å². The van der Waals surface area contributed by atoms with Crippen LogP contribution >= 0.6 is 0 Å². The SMILES string of the molecule is CC1CCCC(CN)N1c1cccnn1. The highest BCUT2D eigenvalue weighted by Crippen LogP contribution is 2.26. The molecule has 1 aromatic rings. The van der Waals surface area contributed by atoms with Gasteiger partial charge in [0.1, 0.15) is 0 Å². The zero-order valence-electron chi connectivity index (χ0n) is 9.13. The number of nitrogens with zero attached hydrogens (tertiary/aromatic N) is 3. The van der Waals surface area contributed by atoms with Gasteiger partial charge < -0.3 is 10.6 Å². The zero-order valence-corrected chi connectivity index (χ0v) is 9.13. The Labute approximate surface area is 90.5 Å². The minimum atomic E-state index is 0.422. The van der Waals surface area contributed by atoms with E-state index in [4.69, 9.17) is 5.73 Å². The third kappa shape index (κ3) is 2.09. The van der Waals surface area contributed by atoms with E-state index in [9.17, 15) is 0 Å². The average Bonchev–Trinajstić information content (AvgIpc) is 2.29. The van der Waals surface area contributed by atoms with Crippen LogP contribution in [0.15, 0.2) is 18.3 Å². The fourth-order valence-electron chi connectivity index (χ4n) is 2.36. The van der Waals surface area contributed by atoms with E-state index in [1.54, 1.807) is 6.20 Å². The van der Waals surface area contributed by atoms with Crippen LogP contribution in [0.1, 0.15) is 26.2 Å². The van der Waals surface area contributed by atoms with Crippen molar-refractivity contribution < 1.29 is 0 Å². The van der Waals surface area contributed by atoms with Gasteiger partial charge in [-0.05, 0) is 38.3 Å². The smallest absolute Gasteiger partial charge is 0.151 e. The minimum absolute atomic E-state index is 0.422. The molecule has 2 heterocycles. The number of hydrogen-bond donors (Lipinski definition) is 1. The summed E-state index contributed by atoms with van der Waals surface area (Å²) >= 11 is 0. The summed E-state index contributed by atoms with van der Waals surface area (Å²) in [4.78, 5) is 2.32. The van der Waals surface area contributed by atoms with Gasteiger partial charge in [-0.25, -0.2) is 0 Å². The van der Waals surface area contributed by atoms with E-state index in [0.29, 0.717) is 18.6 Å². The van der Waals surface area contributed by atoms with Crippen molar-refractivity contribution in [3.8, 4) is 0 Å². The lowest BCUT2D eigenvalue weighted by Gasteiger charge is -2.40. The molecule has 1 aromatic heterocycles. The molecular formula is C11H18N4. The van der Waals surface area contributed by atoms with E-state index >= 15 is 0 Å². The van der Waals surface area contributed by atoms with E-state index in [1.807, 2.05) is 12.1 Å². The lowest BCUT2D eigenvalue weighted by molar-refractivity contribution is 0.396. The molecule has 4 heteroatoms. The van der Waals surface area contributed by atoms with Gasteiger partial charge in [-0.15, -0.1) is 5.10 Å². The second-order valence-corrected chi connectivity index (χ2v) is 4.16. The summed E-state index contributed by atoms with van der Waals surface area (Å²) in [5.41, 5.74) is 5.80. The standard InChI is InChI=1S/C11H18N4/c1-9-4-2-5-10(8-12)15(9)11-6-3-7-13-14-11/h3,6-7,9-10H,2,4-5,8,12H2,1H3. The molecule has 0 amide bonds. The number of nitrogens with two attached hydrogens (primary N) is 1. The Morgan fingerprint density at radius 2 is 2.40 bits per heavy atom. The van der Waals surface area contributed by atoms with Gasteiger partial charge in [0.05, 0.1) is 0 Å². The molecule has 1 saturated heterocycles. The monoisotopic (exact) mass is 206 g/mol. The Bertz CT molecular complexity index is 301.